The Morgan fingerprint density at radius 2 is 1.24 bits per heavy atom. The molecule has 0 atom stereocenters. The molecule has 0 fully saturated rings. The maximum Gasteiger partial charge on any atom is 0.145 e. The van der Waals surface area contributed by atoms with Crippen molar-refractivity contribution in [2.75, 3.05) is 0 Å². The van der Waals surface area contributed by atoms with Gasteiger partial charge in [0.25, 0.3) is 0 Å². The predicted molar refractivity (Wildman–Crippen MR) is 166 cm³/mol. The Bertz CT molecular complexity index is 2420. The van der Waals surface area contributed by atoms with Crippen LogP contribution < -0.4 is 4.74 Å². The first kappa shape index (κ1) is 22.2. The largest absolute Gasteiger partial charge is 0.457 e. The van der Waals surface area contributed by atoms with Crippen molar-refractivity contribution in [1.82, 2.24) is 18.9 Å². The van der Waals surface area contributed by atoms with Crippen molar-refractivity contribution in [2.45, 2.75) is 0 Å². The van der Waals surface area contributed by atoms with Crippen LogP contribution in [-0.2, 0) is 0 Å². The number of pyridine rings is 3. The fraction of sp³-hybridized carbons (Fsp3) is 0. The molecule has 41 heavy (non-hydrogen) atoms. The normalized spacial score (nSPS) is 11.9. The van der Waals surface area contributed by atoms with E-state index in [1.165, 1.54) is 16.3 Å². The number of para-hydroxylation sites is 2. The summed E-state index contributed by atoms with van der Waals surface area (Å²) < 4.78 is 11.0. The SMILES string of the molecule is c1cc(Oc2ccc3c(c2)c2ncccc2n2c4ccccc4cc32)cc(-n2c3ccccc3c3cccnc32)c1. The molecular formula is C36H22N4O. The summed E-state index contributed by atoms with van der Waals surface area (Å²) in [6, 6.07) is 41.9. The quantitative estimate of drug-likeness (QED) is 0.216. The Balaban J connectivity index is 1.20. The lowest BCUT2D eigenvalue weighted by Crippen LogP contribution is -1.96. The van der Waals surface area contributed by atoms with E-state index >= 15 is 0 Å². The van der Waals surface area contributed by atoms with Gasteiger partial charge in [0.05, 0.1) is 33.3 Å². The Morgan fingerprint density at radius 1 is 0.488 bits per heavy atom. The Labute approximate surface area is 234 Å². The van der Waals surface area contributed by atoms with Crippen LogP contribution in [0.5, 0.6) is 11.5 Å². The standard InChI is InChI=1S/C36H22N4O/c1-3-13-31-23(8-1)20-34-28-17-16-26(22-30(28)35-33(40(31)34)15-7-18-37-35)41-25-10-5-9-24(21-25)39-32-14-4-2-11-27(32)29-12-6-19-38-36(29)39/h1-22H. The lowest BCUT2D eigenvalue weighted by atomic mass is 10.1. The molecule has 5 heteroatoms. The van der Waals surface area contributed by atoms with Gasteiger partial charge in [-0.05, 0) is 72.8 Å². The van der Waals surface area contributed by atoms with Gasteiger partial charge < -0.3 is 9.14 Å². The van der Waals surface area contributed by atoms with Gasteiger partial charge in [0.2, 0.25) is 0 Å². The average molecular weight is 527 g/mol. The monoisotopic (exact) mass is 526 g/mol. The van der Waals surface area contributed by atoms with Crippen molar-refractivity contribution in [3.05, 3.63) is 134 Å². The molecule has 0 aliphatic carbocycles. The number of hydrogen-bond acceptors (Lipinski definition) is 3. The number of aromatic nitrogens is 4. The Hall–Kier alpha value is -5.68. The first-order valence-corrected chi connectivity index (χ1v) is 13.7. The molecule has 192 valence electrons. The highest BCUT2D eigenvalue weighted by molar-refractivity contribution is 6.14. The van der Waals surface area contributed by atoms with Gasteiger partial charge >= 0.3 is 0 Å². The molecule has 0 bridgehead atoms. The summed E-state index contributed by atoms with van der Waals surface area (Å²) in [7, 11) is 0. The zero-order valence-electron chi connectivity index (χ0n) is 21.9. The van der Waals surface area contributed by atoms with Gasteiger partial charge in [-0.25, -0.2) is 4.98 Å². The minimum absolute atomic E-state index is 0.760. The van der Waals surface area contributed by atoms with Gasteiger partial charge in [0.15, 0.2) is 0 Å². The molecule has 0 aliphatic rings. The molecule has 4 aromatic carbocycles. The van der Waals surface area contributed by atoms with Crippen molar-refractivity contribution in [3.63, 3.8) is 0 Å². The molecule has 5 nitrogen and oxygen atoms in total. The summed E-state index contributed by atoms with van der Waals surface area (Å²) in [5, 5.41) is 5.73. The maximum atomic E-state index is 6.50. The molecular weight excluding hydrogens is 504 g/mol. The third-order valence-electron chi connectivity index (χ3n) is 8.01. The van der Waals surface area contributed by atoms with E-state index in [4.69, 9.17) is 14.7 Å². The predicted octanol–water partition coefficient (Wildman–Crippen LogP) is 9.08. The first-order valence-electron chi connectivity index (χ1n) is 13.7. The van der Waals surface area contributed by atoms with Gasteiger partial charge in [-0.1, -0.05) is 42.5 Å². The number of fused-ring (bicyclic) bond motifs is 11. The Morgan fingerprint density at radius 3 is 2.22 bits per heavy atom. The number of ether oxygens (including phenoxy) is 1. The fourth-order valence-corrected chi connectivity index (χ4v) is 6.28. The van der Waals surface area contributed by atoms with E-state index in [0.29, 0.717) is 0 Å². The highest BCUT2D eigenvalue weighted by Gasteiger charge is 2.15. The Kier molecular flexibility index (Phi) is 4.55. The van der Waals surface area contributed by atoms with Crippen molar-refractivity contribution >= 4 is 60.2 Å². The van der Waals surface area contributed by atoms with Crippen molar-refractivity contribution < 1.29 is 4.74 Å². The van der Waals surface area contributed by atoms with Crippen LogP contribution in [-0.4, -0.2) is 18.9 Å². The molecule has 0 amide bonds. The summed E-state index contributed by atoms with van der Waals surface area (Å²) in [5.74, 6) is 1.53. The maximum absolute atomic E-state index is 6.50. The highest BCUT2D eigenvalue weighted by Crippen LogP contribution is 2.37. The molecule has 0 radical (unpaired) electrons. The molecule has 0 saturated heterocycles. The summed E-state index contributed by atoms with van der Waals surface area (Å²) in [6.45, 7) is 0. The molecule has 0 spiro atoms. The third kappa shape index (κ3) is 3.23. The van der Waals surface area contributed by atoms with Gasteiger partial charge in [0.1, 0.15) is 17.1 Å². The van der Waals surface area contributed by atoms with Crippen LogP contribution in [0.3, 0.4) is 0 Å². The van der Waals surface area contributed by atoms with Gasteiger partial charge in [-0.2, -0.15) is 0 Å². The van der Waals surface area contributed by atoms with E-state index in [2.05, 4.69) is 100.0 Å². The van der Waals surface area contributed by atoms with E-state index in [9.17, 15) is 0 Å². The lowest BCUT2D eigenvalue weighted by molar-refractivity contribution is 0.483. The molecule has 9 aromatic rings. The van der Waals surface area contributed by atoms with Crippen molar-refractivity contribution in [2.24, 2.45) is 0 Å². The zero-order valence-corrected chi connectivity index (χ0v) is 21.9. The van der Waals surface area contributed by atoms with Gasteiger partial charge in [-0.3, -0.25) is 9.55 Å². The van der Waals surface area contributed by atoms with E-state index in [-0.39, 0.29) is 0 Å². The highest BCUT2D eigenvalue weighted by atomic mass is 16.5. The van der Waals surface area contributed by atoms with Crippen molar-refractivity contribution in [1.29, 1.82) is 0 Å². The second kappa shape index (κ2) is 8.41. The summed E-state index contributed by atoms with van der Waals surface area (Å²) in [5.41, 5.74) is 7.42. The van der Waals surface area contributed by atoms with Crippen LogP contribution in [0.4, 0.5) is 0 Å². The molecule has 5 aromatic heterocycles. The smallest absolute Gasteiger partial charge is 0.145 e. The van der Waals surface area contributed by atoms with Crippen LogP contribution in [0, 0.1) is 0 Å². The lowest BCUT2D eigenvalue weighted by Gasteiger charge is -2.13. The minimum atomic E-state index is 0.760. The van der Waals surface area contributed by atoms with E-state index in [1.807, 2.05) is 42.7 Å². The van der Waals surface area contributed by atoms with Crippen LogP contribution in [0.1, 0.15) is 0 Å². The topological polar surface area (TPSA) is 44.4 Å². The summed E-state index contributed by atoms with van der Waals surface area (Å²) >= 11 is 0. The van der Waals surface area contributed by atoms with Crippen LogP contribution in [0.2, 0.25) is 0 Å². The number of rotatable bonds is 3. The van der Waals surface area contributed by atoms with Crippen molar-refractivity contribution in [3.8, 4) is 17.2 Å². The zero-order chi connectivity index (χ0) is 26.9. The number of nitrogens with zero attached hydrogens (tertiary/aromatic N) is 4. The summed E-state index contributed by atoms with van der Waals surface area (Å²) in [6.07, 6.45) is 3.70. The van der Waals surface area contributed by atoms with Crippen LogP contribution >= 0.6 is 0 Å². The summed E-state index contributed by atoms with van der Waals surface area (Å²) in [4.78, 5) is 9.54. The van der Waals surface area contributed by atoms with Gasteiger partial charge in [-0.15, -0.1) is 0 Å². The number of benzene rings is 4. The molecule has 0 unspecified atom stereocenters. The molecule has 0 saturated carbocycles. The second-order valence-corrected chi connectivity index (χ2v) is 10.3. The van der Waals surface area contributed by atoms with Crippen LogP contribution in [0.25, 0.3) is 65.8 Å². The fourth-order valence-electron chi connectivity index (χ4n) is 6.28. The minimum Gasteiger partial charge on any atom is -0.457 e. The third-order valence-corrected chi connectivity index (χ3v) is 8.01. The molecule has 0 N–H and O–H groups in total. The van der Waals surface area contributed by atoms with E-state index < -0.39 is 0 Å². The number of hydrogen-bond donors (Lipinski definition) is 0. The molecule has 9 rings (SSSR count). The van der Waals surface area contributed by atoms with Crippen LogP contribution in [0.15, 0.2) is 134 Å². The average Bonchev–Trinajstić information content (AvgIpc) is 3.58. The first-order chi connectivity index (χ1) is 20.3. The van der Waals surface area contributed by atoms with E-state index in [0.717, 1.165) is 61.1 Å². The second-order valence-electron chi connectivity index (χ2n) is 10.3. The van der Waals surface area contributed by atoms with Gasteiger partial charge in [0, 0.05) is 45.4 Å². The molecule has 0 aliphatic heterocycles. The van der Waals surface area contributed by atoms with E-state index in [1.54, 1.807) is 0 Å². The molecule has 5 heterocycles.